The first-order valence-electron chi connectivity index (χ1n) is 10.1. The van der Waals surface area contributed by atoms with Crippen LogP contribution in [0.5, 0.6) is 0 Å². The molecule has 168 valence electrons. The Kier molecular flexibility index (Phi) is 5.04. The Morgan fingerprint density at radius 3 is 2.47 bits per heavy atom. The third kappa shape index (κ3) is 3.15. The summed E-state index contributed by atoms with van der Waals surface area (Å²) in [4.78, 5) is 14.1. The summed E-state index contributed by atoms with van der Waals surface area (Å²) in [5.74, 6) is 0. The van der Waals surface area contributed by atoms with E-state index in [1.807, 2.05) is 13.8 Å². The molecular weight excluding hydrogens is 421 g/mol. The standard InChI is InChI=1S/C23H23F3N4O2/c1-14(2)29(4)21(31)30-19-10-9-16(11-15(19)12-27-30)22(32,23(24,25)26)18-13-28(3)20-8-6-5-7-17(18)20/h5-14,32H,1-4H3. The molecule has 2 aromatic carbocycles. The molecule has 2 aromatic heterocycles. The number of aromatic nitrogens is 3. The first-order chi connectivity index (χ1) is 15.0. The van der Waals surface area contributed by atoms with Gasteiger partial charge in [-0.2, -0.15) is 23.0 Å². The number of carbonyl (C=O) groups excluding carboxylic acids is 1. The number of para-hydroxylation sites is 1. The molecule has 0 bridgehead atoms. The molecule has 9 heteroatoms. The van der Waals surface area contributed by atoms with Crippen molar-refractivity contribution in [1.29, 1.82) is 0 Å². The second-order valence-electron chi connectivity index (χ2n) is 8.20. The minimum Gasteiger partial charge on any atom is -0.372 e. The van der Waals surface area contributed by atoms with Crippen LogP contribution in [-0.4, -0.2) is 49.7 Å². The van der Waals surface area contributed by atoms with Gasteiger partial charge in [0.25, 0.3) is 0 Å². The molecule has 0 aliphatic heterocycles. The van der Waals surface area contributed by atoms with E-state index in [-0.39, 0.29) is 17.2 Å². The molecule has 1 atom stereocenters. The first kappa shape index (κ1) is 21.9. The van der Waals surface area contributed by atoms with Crippen molar-refractivity contribution in [1.82, 2.24) is 19.2 Å². The van der Waals surface area contributed by atoms with E-state index in [2.05, 4.69) is 5.10 Å². The Bertz CT molecular complexity index is 1320. The predicted molar refractivity (Wildman–Crippen MR) is 115 cm³/mol. The van der Waals surface area contributed by atoms with Crippen LogP contribution < -0.4 is 0 Å². The summed E-state index contributed by atoms with van der Waals surface area (Å²) in [7, 11) is 3.25. The summed E-state index contributed by atoms with van der Waals surface area (Å²) in [5, 5.41) is 15.9. The summed E-state index contributed by atoms with van der Waals surface area (Å²) in [6, 6.07) is 9.93. The minimum atomic E-state index is -4.99. The molecule has 1 N–H and O–H groups in total. The van der Waals surface area contributed by atoms with E-state index in [1.54, 1.807) is 42.9 Å². The highest BCUT2D eigenvalue weighted by atomic mass is 19.4. The third-order valence-corrected chi connectivity index (χ3v) is 5.94. The van der Waals surface area contributed by atoms with Crippen molar-refractivity contribution < 1.29 is 23.1 Å². The summed E-state index contributed by atoms with van der Waals surface area (Å²) in [6.07, 6.45) is -2.37. The van der Waals surface area contributed by atoms with E-state index in [0.717, 1.165) is 4.68 Å². The van der Waals surface area contributed by atoms with Gasteiger partial charge < -0.3 is 14.6 Å². The smallest absolute Gasteiger partial charge is 0.372 e. The first-order valence-corrected chi connectivity index (χ1v) is 10.1. The Morgan fingerprint density at radius 2 is 1.81 bits per heavy atom. The molecule has 0 fully saturated rings. The maximum Gasteiger partial charge on any atom is 0.425 e. The lowest BCUT2D eigenvalue weighted by atomic mass is 9.85. The number of alkyl halides is 3. The number of aliphatic hydroxyl groups is 1. The van der Waals surface area contributed by atoms with Crippen molar-refractivity contribution in [2.24, 2.45) is 7.05 Å². The molecule has 0 aliphatic rings. The number of aryl methyl sites for hydroxylation is 1. The maximum atomic E-state index is 14.4. The number of fused-ring (bicyclic) bond motifs is 2. The lowest BCUT2D eigenvalue weighted by Crippen LogP contribution is -2.43. The number of nitrogens with zero attached hydrogens (tertiary/aromatic N) is 4. The average molecular weight is 444 g/mol. The normalized spacial score (nSPS) is 14.3. The summed E-state index contributed by atoms with van der Waals surface area (Å²) in [6.45, 7) is 3.69. The minimum absolute atomic E-state index is 0.0808. The highest BCUT2D eigenvalue weighted by molar-refractivity contribution is 5.91. The van der Waals surface area contributed by atoms with Crippen molar-refractivity contribution in [3.8, 4) is 0 Å². The highest BCUT2D eigenvalue weighted by Gasteiger charge is 2.57. The van der Waals surface area contributed by atoms with Gasteiger partial charge >= 0.3 is 12.2 Å². The van der Waals surface area contributed by atoms with Crippen LogP contribution in [0.1, 0.15) is 25.0 Å². The molecule has 0 saturated heterocycles. The van der Waals surface area contributed by atoms with Crippen molar-refractivity contribution >= 4 is 27.8 Å². The molecular formula is C23H23F3N4O2. The molecule has 6 nitrogen and oxygen atoms in total. The molecule has 0 spiro atoms. The number of rotatable bonds is 3. The van der Waals surface area contributed by atoms with Crippen LogP contribution >= 0.6 is 0 Å². The fourth-order valence-electron chi connectivity index (χ4n) is 3.88. The van der Waals surface area contributed by atoms with Gasteiger partial charge in [-0.05, 0) is 37.6 Å². The van der Waals surface area contributed by atoms with Gasteiger partial charge in [-0.1, -0.05) is 24.3 Å². The lowest BCUT2D eigenvalue weighted by Gasteiger charge is -2.31. The molecule has 0 radical (unpaired) electrons. The number of carbonyl (C=O) groups is 1. The van der Waals surface area contributed by atoms with E-state index < -0.39 is 17.8 Å². The second-order valence-corrected chi connectivity index (χ2v) is 8.20. The van der Waals surface area contributed by atoms with Crippen molar-refractivity contribution in [2.45, 2.75) is 31.7 Å². The molecule has 1 unspecified atom stereocenters. The molecule has 1 amide bonds. The van der Waals surface area contributed by atoms with Crippen molar-refractivity contribution in [3.63, 3.8) is 0 Å². The average Bonchev–Trinajstić information content (AvgIpc) is 3.32. The number of hydrogen-bond donors (Lipinski definition) is 1. The van der Waals surface area contributed by atoms with Gasteiger partial charge in [0.05, 0.1) is 11.7 Å². The van der Waals surface area contributed by atoms with Crippen LogP contribution in [0.4, 0.5) is 18.0 Å². The van der Waals surface area contributed by atoms with E-state index in [1.165, 1.54) is 35.5 Å². The zero-order valence-electron chi connectivity index (χ0n) is 18.1. The van der Waals surface area contributed by atoms with E-state index in [0.29, 0.717) is 21.8 Å². The Labute approximate surface area is 182 Å². The van der Waals surface area contributed by atoms with Gasteiger partial charge in [0, 0.05) is 48.2 Å². The molecule has 32 heavy (non-hydrogen) atoms. The Hall–Kier alpha value is -3.33. The van der Waals surface area contributed by atoms with Crippen LogP contribution in [0.3, 0.4) is 0 Å². The molecule has 2 heterocycles. The number of amides is 1. The second kappa shape index (κ2) is 7.37. The third-order valence-electron chi connectivity index (χ3n) is 5.94. The quantitative estimate of drug-likeness (QED) is 0.501. The zero-order valence-corrected chi connectivity index (χ0v) is 18.1. The summed E-state index contributed by atoms with van der Waals surface area (Å²) < 4.78 is 45.9. The Morgan fingerprint density at radius 1 is 1.12 bits per heavy atom. The summed E-state index contributed by atoms with van der Waals surface area (Å²) >= 11 is 0. The van der Waals surface area contributed by atoms with Crippen molar-refractivity contribution in [2.75, 3.05) is 7.05 Å². The van der Waals surface area contributed by atoms with Crippen LogP contribution in [0.2, 0.25) is 0 Å². The fraction of sp³-hybridized carbons (Fsp3) is 0.304. The maximum absolute atomic E-state index is 14.4. The SMILES string of the molecule is CC(C)N(C)C(=O)n1ncc2cc(C(O)(c3cn(C)c4ccccc34)C(F)(F)F)ccc21. The molecule has 4 aromatic rings. The predicted octanol–water partition coefficient (Wildman–Crippen LogP) is 4.63. The zero-order chi connectivity index (χ0) is 23.4. The van der Waals surface area contributed by atoms with E-state index in [4.69, 9.17) is 0 Å². The largest absolute Gasteiger partial charge is 0.425 e. The number of halogens is 3. The van der Waals surface area contributed by atoms with Gasteiger partial charge in [0.1, 0.15) is 0 Å². The van der Waals surface area contributed by atoms with Gasteiger partial charge in [-0.25, -0.2) is 4.79 Å². The topological polar surface area (TPSA) is 63.3 Å². The van der Waals surface area contributed by atoms with Crippen LogP contribution in [0.15, 0.2) is 54.9 Å². The fourth-order valence-corrected chi connectivity index (χ4v) is 3.88. The van der Waals surface area contributed by atoms with Gasteiger partial charge in [-0.3, -0.25) is 0 Å². The number of benzene rings is 2. The van der Waals surface area contributed by atoms with Crippen LogP contribution in [0, 0.1) is 0 Å². The molecule has 0 aliphatic carbocycles. The van der Waals surface area contributed by atoms with Crippen LogP contribution in [-0.2, 0) is 12.6 Å². The van der Waals surface area contributed by atoms with Crippen molar-refractivity contribution in [3.05, 3.63) is 66.0 Å². The molecule has 4 rings (SSSR count). The van der Waals surface area contributed by atoms with Gasteiger partial charge in [-0.15, -0.1) is 0 Å². The molecule has 0 saturated carbocycles. The monoisotopic (exact) mass is 444 g/mol. The van der Waals surface area contributed by atoms with E-state index in [9.17, 15) is 23.1 Å². The highest BCUT2D eigenvalue weighted by Crippen LogP contribution is 2.47. The van der Waals surface area contributed by atoms with Crippen LogP contribution in [0.25, 0.3) is 21.8 Å². The Balaban J connectivity index is 1.90. The van der Waals surface area contributed by atoms with Gasteiger partial charge in [0.15, 0.2) is 0 Å². The summed E-state index contributed by atoms with van der Waals surface area (Å²) in [5.41, 5.74) is -2.93. The number of hydrogen-bond acceptors (Lipinski definition) is 3. The lowest BCUT2D eigenvalue weighted by molar-refractivity contribution is -0.247. The van der Waals surface area contributed by atoms with Gasteiger partial charge in [0.2, 0.25) is 5.60 Å². The van der Waals surface area contributed by atoms with E-state index >= 15 is 0 Å².